The first-order valence-corrected chi connectivity index (χ1v) is 5.42. The lowest BCUT2D eigenvalue weighted by molar-refractivity contribution is 0.0753. The Labute approximate surface area is 86.2 Å². The van der Waals surface area contributed by atoms with Gasteiger partial charge in [-0.1, -0.05) is 9.59 Å². The van der Waals surface area contributed by atoms with E-state index in [1.165, 1.54) is 11.5 Å². The van der Waals surface area contributed by atoms with E-state index in [1.807, 2.05) is 0 Å². The summed E-state index contributed by atoms with van der Waals surface area (Å²) < 4.78 is 9.01. The lowest BCUT2D eigenvalue weighted by Gasteiger charge is -2.23. The summed E-state index contributed by atoms with van der Waals surface area (Å²) in [6.45, 7) is 3.45. The molecule has 1 aromatic rings. The maximum absolute atomic E-state index is 5.34. The summed E-state index contributed by atoms with van der Waals surface area (Å²) in [5.74, 6) is 0. The van der Waals surface area contributed by atoms with Gasteiger partial charge in [0.1, 0.15) is 0 Å². The highest BCUT2D eigenvalue weighted by Gasteiger charge is 2.12. The Morgan fingerprint density at radius 3 is 3.36 bits per heavy atom. The number of rotatable bonds is 4. The molecule has 1 fully saturated rings. The van der Waals surface area contributed by atoms with Gasteiger partial charge in [-0.05, 0) is 11.6 Å². The molecule has 0 bridgehead atoms. The lowest BCUT2D eigenvalue weighted by Crippen LogP contribution is -2.42. The molecule has 0 aromatic carbocycles. The first-order chi connectivity index (χ1) is 6.95. The number of aromatic nitrogens is 3. The topological polar surface area (TPSA) is 72.0 Å². The molecule has 1 aliphatic rings. The van der Waals surface area contributed by atoms with Gasteiger partial charge in [-0.2, -0.15) is 0 Å². The smallest absolute Gasteiger partial charge is 0.225 e. The number of hydrogen-bond donors (Lipinski definition) is 2. The number of ether oxygens (including phenoxy) is 1. The third kappa shape index (κ3) is 2.86. The maximum Gasteiger partial charge on any atom is 0.225 e. The van der Waals surface area contributed by atoms with Crippen molar-refractivity contribution in [3.05, 3.63) is 0 Å². The minimum atomic E-state index is 0.456. The van der Waals surface area contributed by atoms with Crippen LogP contribution in [0.25, 0.3) is 0 Å². The van der Waals surface area contributed by atoms with Gasteiger partial charge in [-0.3, -0.25) is 0 Å². The summed E-state index contributed by atoms with van der Waals surface area (Å²) in [6, 6.07) is 0.456. The Morgan fingerprint density at radius 1 is 1.64 bits per heavy atom. The fraction of sp³-hybridized carbons (Fsp3) is 0.857. The van der Waals surface area contributed by atoms with Crippen molar-refractivity contribution in [3.8, 4) is 0 Å². The van der Waals surface area contributed by atoms with Crippen LogP contribution in [0.2, 0.25) is 0 Å². The van der Waals surface area contributed by atoms with Crippen molar-refractivity contribution in [1.82, 2.24) is 20.1 Å². The summed E-state index contributed by atoms with van der Waals surface area (Å²) >= 11 is 1.27. The molecule has 1 aliphatic heterocycles. The van der Waals surface area contributed by atoms with Gasteiger partial charge in [-0.25, -0.2) is 0 Å². The highest BCUT2D eigenvalue weighted by molar-refractivity contribution is 7.09. The van der Waals surface area contributed by atoms with Crippen molar-refractivity contribution >= 4 is 16.7 Å². The fourth-order valence-corrected chi connectivity index (χ4v) is 1.75. The zero-order valence-electron chi connectivity index (χ0n) is 7.77. The van der Waals surface area contributed by atoms with E-state index in [0.717, 1.165) is 37.9 Å². The molecule has 1 unspecified atom stereocenters. The monoisotopic (exact) mass is 215 g/mol. The molecule has 14 heavy (non-hydrogen) atoms. The molecule has 78 valence electrons. The van der Waals surface area contributed by atoms with Crippen LogP contribution >= 0.6 is 11.5 Å². The molecule has 1 atom stereocenters. The third-order valence-electron chi connectivity index (χ3n) is 2.07. The summed E-state index contributed by atoms with van der Waals surface area (Å²) in [4.78, 5) is 0. The minimum absolute atomic E-state index is 0.456. The Balaban J connectivity index is 1.62. The second-order valence-electron chi connectivity index (χ2n) is 3.11. The van der Waals surface area contributed by atoms with Crippen molar-refractivity contribution in [2.24, 2.45) is 0 Å². The Hall–Kier alpha value is -0.790. The largest absolute Gasteiger partial charge is 0.379 e. The Bertz CT molecular complexity index is 249. The van der Waals surface area contributed by atoms with Crippen LogP contribution in [0.3, 0.4) is 0 Å². The molecule has 7 heteroatoms. The van der Waals surface area contributed by atoms with Gasteiger partial charge in [0.05, 0.1) is 13.2 Å². The predicted octanol–water partition coefficient (Wildman–Crippen LogP) is -0.277. The lowest BCUT2D eigenvalue weighted by atomic mass is 10.2. The van der Waals surface area contributed by atoms with Gasteiger partial charge < -0.3 is 15.4 Å². The Kier molecular flexibility index (Phi) is 3.61. The molecule has 2 N–H and O–H groups in total. The summed E-state index contributed by atoms with van der Waals surface area (Å²) in [6.07, 6.45) is 1.03. The van der Waals surface area contributed by atoms with E-state index < -0.39 is 0 Å². The second-order valence-corrected chi connectivity index (χ2v) is 3.84. The SMILES string of the molecule is C(CC1COCCN1)Nc1nnns1. The molecule has 1 aromatic heterocycles. The normalized spacial score (nSPS) is 22.1. The molecule has 0 amide bonds. The van der Waals surface area contributed by atoms with E-state index in [9.17, 15) is 0 Å². The summed E-state index contributed by atoms with van der Waals surface area (Å²) in [5.41, 5.74) is 0. The van der Waals surface area contributed by atoms with Gasteiger partial charge in [0, 0.05) is 30.7 Å². The van der Waals surface area contributed by atoms with Crippen LogP contribution in [0.5, 0.6) is 0 Å². The molecular formula is C7H13N5OS. The van der Waals surface area contributed by atoms with Gasteiger partial charge in [-0.15, -0.1) is 0 Å². The van der Waals surface area contributed by atoms with Gasteiger partial charge in [0.15, 0.2) is 0 Å². The first kappa shape index (κ1) is 9.75. The van der Waals surface area contributed by atoms with E-state index in [1.54, 1.807) is 0 Å². The minimum Gasteiger partial charge on any atom is -0.379 e. The van der Waals surface area contributed by atoms with Crippen molar-refractivity contribution < 1.29 is 4.74 Å². The van der Waals surface area contributed by atoms with Crippen molar-refractivity contribution in [1.29, 1.82) is 0 Å². The van der Waals surface area contributed by atoms with Crippen molar-refractivity contribution in [3.63, 3.8) is 0 Å². The Morgan fingerprint density at radius 2 is 2.64 bits per heavy atom. The van der Waals surface area contributed by atoms with Crippen molar-refractivity contribution in [2.75, 3.05) is 31.6 Å². The quantitative estimate of drug-likeness (QED) is 0.720. The average molecular weight is 215 g/mol. The van der Waals surface area contributed by atoms with Crippen LogP contribution in [0.15, 0.2) is 0 Å². The highest BCUT2D eigenvalue weighted by atomic mass is 32.1. The van der Waals surface area contributed by atoms with Gasteiger partial charge in [0.25, 0.3) is 0 Å². The molecule has 0 saturated carbocycles. The third-order valence-corrected chi connectivity index (χ3v) is 2.62. The first-order valence-electron chi connectivity index (χ1n) is 4.65. The standard InChI is InChI=1S/C7H13N5OS/c1(6-5-13-4-3-8-6)2-9-7-10-11-12-14-7/h6,8H,1-5H2,(H,9,10,12). The fourth-order valence-electron chi connectivity index (χ4n) is 1.36. The molecule has 6 nitrogen and oxygen atoms in total. The maximum atomic E-state index is 5.34. The van der Waals surface area contributed by atoms with Crippen molar-refractivity contribution in [2.45, 2.75) is 12.5 Å². The number of nitrogens with one attached hydrogen (secondary N) is 2. The molecule has 0 spiro atoms. The van der Waals surface area contributed by atoms with Crippen LogP contribution < -0.4 is 10.6 Å². The van der Waals surface area contributed by atoms with Crippen LogP contribution in [0.4, 0.5) is 5.13 Å². The molecule has 2 rings (SSSR count). The number of anilines is 1. The summed E-state index contributed by atoms with van der Waals surface area (Å²) in [5, 5.41) is 14.6. The molecule has 0 aliphatic carbocycles. The predicted molar refractivity (Wildman–Crippen MR) is 53.4 cm³/mol. The number of nitrogens with zero attached hydrogens (tertiary/aromatic N) is 3. The molecular weight excluding hydrogens is 202 g/mol. The number of morpholine rings is 1. The number of hydrogen-bond acceptors (Lipinski definition) is 7. The second kappa shape index (κ2) is 5.18. The zero-order valence-corrected chi connectivity index (χ0v) is 8.59. The van der Waals surface area contributed by atoms with Gasteiger partial charge >= 0.3 is 0 Å². The molecule has 1 saturated heterocycles. The van der Waals surface area contributed by atoms with Crippen LogP contribution in [0.1, 0.15) is 6.42 Å². The van der Waals surface area contributed by atoms with Crippen LogP contribution in [-0.2, 0) is 4.74 Å². The van der Waals surface area contributed by atoms with E-state index in [-0.39, 0.29) is 0 Å². The summed E-state index contributed by atoms with van der Waals surface area (Å²) in [7, 11) is 0. The van der Waals surface area contributed by atoms with E-state index in [2.05, 4.69) is 25.4 Å². The zero-order chi connectivity index (χ0) is 9.64. The van der Waals surface area contributed by atoms with E-state index in [4.69, 9.17) is 4.74 Å². The van der Waals surface area contributed by atoms with Gasteiger partial charge in [0.2, 0.25) is 5.13 Å². The molecule has 2 heterocycles. The van der Waals surface area contributed by atoms with Crippen LogP contribution in [0, 0.1) is 0 Å². The average Bonchev–Trinajstić information content (AvgIpc) is 2.72. The highest BCUT2D eigenvalue weighted by Crippen LogP contribution is 2.05. The van der Waals surface area contributed by atoms with Crippen LogP contribution in [-0.4, -0.2) is 47.1 Å². The molecule has 0 radical (unpaired) electrons. The van der Waals surface area contributed by atoms with E-state index in [0.29, 0.717) is 6.04 Å². The van der Waals surface area contributed by atoms with E-state index >= 15 is 0 Å².